The molecule has 4 nitrogen and oxygen atoms in total. The zero-order chi connectivity index (χ0) is 11.4. The smallest absolute Gasteiger partial charge is 0.222 e. The number of likely N-dealkylation sites (tertiary alicyclic amines) is 1. The molecule has 1 aliphatic heterocycles. The van der Waals surface area contributed by atoms with Crippen molar-refractivity contribution < 1.29 is 9.59 Å². The lowest BCUT2D eigenvalue weighted by Gasteiger charge is -2.14. The minimum atomic E-state index is 0.0489. The molecule has 0 aromatic carbocycles. The van der Waals surface area contributed by atoms with Crippen molar-refractivity contribution in [1.82, 2.24) is 9.88 Å². The number of hydrogen-bond donors (Lipinski definition) is 0. The van der Waals surface area contributed by atoms with E-state index < -0.39 is 0 Å². The van der Waals surface area contributed by atoms with Gasteiger partial charge in [-0.1, -0.05) is 0 Å². The first-order valence-corrected chi connectivity index (χ1v) is 5.48. The number of nitrogens with zero attached hydrogens (tertiary/aromatic N) is 2. The molecule has 16 heavy (non-hydrogen) atoms. The maximum atomic E-state index is 11.7. The Kier molecular flexibility index (Phi) is 3.29. The Morgan fingerprint density at radius 3 is 3.00 bits per heavy atom. The number of pyridine rings is 1. The number of aromatic nitrogens is 1. The summed E-state index contributed by atoms with van der Waals surface area (Å²) in [5.74, 6) is 0.215. The SMILES string of the molecule is O=C(CCN1CCCC1=O)c1cccnc1. The molecule has 2 rings (SSSR count). The molecule has 1 aromatic heterocycles. The summed E-state index contributed by atoms with van der Waals surface area (Å²) in [7, 11) is 0. The van der Waals surface area contributed by atoms with Crippen molar-refractivity contribution >= 4 is 11.7 Å². The minimum Gasteiger partial charge on any atom is -0.342 e. The van der Waals surface area contributed by atoms with Gasteiger partial charge in [0, 0.05) is 43.9 Å². The van der Waals surface area contributed by atoms with Crippen LogP contribution in [0.15, 0.2) is 24.5 Å². The highest BCUT2D eigenvalue weighted by Crippen LogP contribution is 2.11. The Bertz CT molecular complexity index is 389. The lowest BCUT2D eigenvalue weighted by atomic mass is 10.1. The van der Waals surface area contributed by atoms with Crippen LogP contribution in [-0.4, -0.2) is 34.7 Å². The third-order valence-electron chi connectivity index (χ3n) is 2.76. The molecule has 0 spiro atoms. The second-order valence-corrected chi connectivity index (χ2v) is 3.90. The summed E-state index contributed by atoms with van der Waals surface area (Å²) in [6.07, 6.45) is 5.13. The highest BCUT2D eigenvalue weighted by molar-refractivity contribution is 5.96. The van der Waals surface area contributed by atoms with Crippen LogP contribution in [0, 0.1) is 0 Å². The molecule has 1 aliphatic rings. The molecular formula is C12H14N2O2. The van der Waals surface area contributed by atoms with Crippen LogP contribution in [-0.2, 0) is 4.79 Å². The van der Waals surface area contributed by atoms with Gasteiger partial charge in [-0.05, 0) is 18.6 Å². The predicted molar refractivity (Wildman–Crippen MR) is 59.0 cm³/mol. The van der Waals surface area contributed by atoms with Gasteiger partial charge in [0.15, 0.2) is 5.78 Å². The summed E-state index contributed by atoms with van der Waals surface area (Å²) in [4.78, 5) is 28.7. The first kappa shape index (κ1) is 10.8. The standard InChI is InChI=1S/C12H14N2O2/c15-11(10-3-1-6-13-9-10)5-8-14-7-2-4-12(14)16/h1,3,6,9H,2,4-5,7-8H2. The number of carbonyl (C=O) groups is 2. The van der Waals surface area contributed by atoms with Crippen LogP contribution in [0.3, 0.4) is 0 Å². The van der Waals surface area contributed by atoms with Gasteiger partial charge in [0.05, 0.1) is 0 Å². The molecule has 4 heteroatoms. The van der Waals surface area contributed by atoms with E-state index in [4.69, 9.17) is 0 Å². The van der Waals surface area contributed by atoms with Crippen molar-refractivity contribution in [2.24, 2.45) is 0 Å². The fourth-order valence-electron chi connectivity index (χ4n) is 1.85. The first-order chi connectivity index (χ1) is 7.77. The van der Waals surface area contributed by atoms with E-state index in [1.807, 2.05) is 0 Å². The molecule has 0 aliphatic carbocycles. The van der Waals surface area contributed by atoms with Gasteiger partial charge >= 0.3 is 0 Å². The van der Waals surface area contributed by atoms with Gasteiger partial charge in [0.2, 0.25) is 5.91 Å². The average Bonchev–Trinajstić information content (AvgIpc) is 2.73. The predicted octanol–water partition coefficient (Wildman–Crippen LogP) is 1.28. The average molecular weight is 218 g/mol. The third-order valence-corrected chi connectivity index (χ3v) is 2.76. The Balaban J connectivity index is 1.87. The second-order valence-electron chi connectivity index (χ2n) is 3.90. The summed E-state index contributed by atoms with van der Waals surface area (Å²) in [6.45, 7) is 1.33. The molecule has 0 atom stereocenters. The second kappa shape index (κ2) is 4.88. The third kappa shape index (κ3) is 2.45. The molecule has 0 radical (unpaired) electrons. The number of Topliss-reactive ketones (excluding diaryl/α,β-unsaturated/α-hetero) is 1. The van der Waals surface area contributed by atoms with Crippen molar-refractivity contribution in [2.45, 2.75) is 19.3 Å². The van der Waals surface area contributed by atoms with Crippen LogP contribution < -0.4 is 0 Å². The number of hydrogen-bond acceptors (Lipinski definition) is 3. The van der Waals surface area contributed by atoms with Crippen molar-refractivity contribution in [3.05, 3.63) is 30.1 Å². The van der Waals surface area contributed by atoms with Crippen LogP contribution in [0.1, 0.15) is 29.6 Å². The molecule has 1 saturated heterocycles. The Labute approximate surface area is 94.3 Å². The summed E-state index contributed by atoms with van der Waals surface area (Å²) in [5.41, 5.74) is 0.620. The summed E-state index contributed by atoms with van der Waals surface area (Å²) in [6, 6.07) is 3.50. The molecule has 84 valence electrons. The number of rotatable bonds is 4. The normalized spacial score (nSPS) is 15.5. The van der Waals surface area contributed by atoms with E-state index >= 15 is 0 Å². The molecular weight excluding hydrogens is 204 g/mol. The highest BCUT2D eigenvalue weighted by Gasteiger charge is 2.20. The molecule has 1 amide bonds. The molecule has 2 heterocycles. The molecule has 0 saturated carbocycles. The van der Waals surface area contributed by atoms with Crippen molar-refractivity contribution in [3.63, 3.8) is 0 Å². The molecule has 0 unspecified atom stereocenters. The van der Waals surface area contributed by atoms with Gasteiger partial charge in [-0.3, -0.25) is 14.6 Å². The lowest BCUT2D eigenvalue weighted by molar-refractivity contribution is -0.127. The maximum absolute atomic E-state index is 11.7. The topological polar surface area (TPSA) is 50.3 Å². The zero-order valence-corrected chi connectivity index (χ0v) is 9.06. The van der Waals surface area contributed by atoms with Gasteiger partial charge in [0.25, 0.3) is 0 Å². The van der Waals surface area contributed by atoms with Crippen LogP contribution in [0.25, 0.3) is 0 Å². The van der Waals surface area contributed by atoms with E-state index in [0.29, 0.717) is 24.9 Å². The van der Waals surface area contributed by atoms with E-state index in [9.17, 15) is 9.59 Å². The molecule has 0 N–H and O–H groups in total. The fourth-order valence-corrected chi connectivity index (χ4v) is 1.85. The summed E-state index contributed by atoms with van der Waals surface area (Å²) < 4.78 is 0. The maximum Gasteiger partial charge on any atom is 0.222 e. The van der Waals surface area contributed by atoms with E-state index in [1.165, 1.54) is 0 Å². The quantitative estimate of drug-likeness (QED) is 0.715. The Hall–Kier alpha value is -1.71. The van der Waals surface area contributed by atoms with Crippen LogP contribution in [0.2, 0.25) is 0 Å². The van der Waals surface area contributed by atoms with Crippen LogP contribution in [0.5, 0.6) is 0 Å². The summed E-state index contributed by atoms with van der Waals surface area (Å²) in [5, 5.41) is 0. The fraction of sp³-hybridized carbons (Fsp3) is 0.417. The lowest BCUT2D eigenvalue weighted by Crippen LogP contribution is -2.27. The van der Waals surface area contributed by atoms with Gasteiger partial charge in [-0.25, -0.2) is 0 Å². The summed E-state index contributed by atoms with van der Waals surface area (Å²) >= 11 is 0. The Morgan fingerprint density at radius 1 is 1.50 bits per heavy atom. The molecule has 0 bridgehead atoms. The molecule has 1 fully saturated rings. The monoisotopic (exact) mass is 218 g/mol. The van der Waals surface area contributed by atoms with E-state index in [1.54, 1.807) is 29.4 Å². The Morgan fingerprint density at radius 2 is 2.38 bits per heavy atom. The van der Waals surface area contributed by atoms with E-state index in [-0.39, 0.29) is 11.7 Å². The van der Waals surface area contributed by atoms with Gasteiger partial charge in [-0.15, -0.1) is 0 Å². The van der Waals surface area contributed by atoms with E-state index in [0.717, 1.165) is 13.0 Å². The van der Waals surface area contributed by atoms with Crippen molar-refractivity contribution in [3.8, 4) is 0 Å². The number of ketones is 1. The number of amides is 1. The first-order valence-electron chi connectivity index (χ1n) is 5.48. The van der Waals surface area contributed by atoms with E-state index in [2.05, 4.69) is 4.98 Å². The van der Waals surface area contributed by atoms with Crippen molar-refractivity contribution in [2.75, 3.05) is 13.1 Å². The minimum absolute atomic E-state index is 0.0489. The van der Waals surface area contributed by atoms with Gasteiger partial charge in [-0.2, -0.15) is 0 Å². The largest absolute Gasteiger partial charge is 0.342 e. The van der Waals surface area contributed by atoms with Gasteiger partial charge < -0.3 is 4.90 Å². The molecule has 1 aromatic rings. The van der Waals surface area contributed by atoms with Crippen LogP contribution >= 0.6 is 0 Å². The van der Waals surface area contributed by atoms with Crippen LogP contribution in [0.4, 0.5) is 0 Å². The van der Waals surface area contributed by atoms with Gasteiger partial charge in [0.1, 0.15) is 0 Å². The number of carbonyl (C=O) groups excluding carboxylic acids is 2. The zero-order valence-electron chi connectivity index (χ0n) is 9.06. The highest BCUT2D eigenvalue weighted by atomic mass is 16.2. The van der Waals surface area contributed by atoms with Crippen molar-refractivity contribution in [1.29, 1.82) is 0 Å².